The topological polar surface area (TPSA) is 55.1 Å². The van der Waals surface area contributed by atoms with Gasteiger partial charge in [0.05, 0.1) is 22.5 Å². The van der Waals surface area contributed by atoms with Crippen molar-refractivity contribution in [3.05, 3.63) is 46.2 Å². The van der Waals surface area contributed by atoms with E-state index in [0.717, 1.165) is 23.6 Å². The van der Waals surface area contributed by atoms with Gasteiger partial charge in [-0.2, -0.15) is 18.3 Å². The Morgan fingerprint density at radius 1 is 1.36 bits per heavy atom. The molecule has 1 heterocycles. The molecule has 0 aliphatic heterocycles. The van der Waals surface area contributed by atoms with Crippen molar-refractivity contribution in [3.63, 3.8) is 0 Å². The molecular formula is C14H10ClF3N2O2. The van der Waals surface area contributed by atoms with Gasteiger partial charge in [-0.1, -0.05) is 17.7 Å². The highest BCUT2D eigenvalue weighted by Crippen LogP contribution is 2.43. The van der Waals surface area contributed by atoms with E-state index in [2.05, 4.69) is 5.10 Å². The van der Waals surface area contributed by atoms with Crippen LogP contribution in [0, 0.1) is 0 Å². The van der Waals surface area contributed by atoms with E-state index in [-0.39, 0.29) is 16.6 Å². The highest BCUT2D eigenvalue weighted by molar-refractivity contribution is 6.32. The first-order valence-electron chi connectivity index (χ1n) is 6.48. The van der Waals surface area contributed by atoms with Gasteiger partial charge in [0.2, 0.25) is 0 Å². The Kier molecular flexibility index (Phi) is 3.40. The van der Waals surface area contributed by atoms with Gasteiger partial charge in [0.15, 0.2) is 5.69 Å². The molecule has 22 heavy (non-hydrogen) atoms. The minimum atomic E-state index is -4.66. The van der Waals surface area contributed by atoms with Gasteiger partial charge in [-0.15, -0.1) is 0 Å². The second kappa shape index (κ2) is 5.01. The van der Waals surface area contributed by atoms with Crippen molar-refractivity contribution in [1.29, 1.82) is 0 Å². The summed E-state index contributed by atoms with van der Waals surface area (Å²) in [6, 6.07) is 3.29. The van der Waals surface area contributed by atoms with Crippen LogP contribution in [0.15, 0.2) is 24.4 Å². The summed E-state index contributed by atoms with van der Waals surface area (Å²) >= 11 is 5.90. The molecule has 0 saturated heterocycles. The third kappa shape index (κ3) is 2.45. The van der Waals surface area contributed by atoms with E-state index in [4.69, 9.17) is 11.6 Å². The van der Waals surface area contributed by atoms with Crippen LogP contribution in [0.3, 0.4) is 0 Å². The Bertz CT molecular complexity index is 751. The van der Waals surface area contributed by atoms with Gasteiger partial charge >= 0.3 is 12.1 Å². The number of hydrogen-bond acceptors (Lipinski definition) is 2. The fourth-order valence-electron chi connectivity index (χ4n) is 2.40. The second-order valence-electron chi connectivity index (χ2n) is 5.07. The van der Waals surface area contributed by atoms with Crippen molar-refractivity contribution in [2.45, 2.75) is 24.9 Å². The van der Waals surface area contributed by atoms with E-state index < -0.39 is 23.4 Å². The Morgan fingerprint density at radius 2 is 2.05 bits per heavy atom. The van der Waals surface area contributed by atoms with E-state index in [9.17, 15) is 23.1 Å². The molecule has 0 unspecified atom stereocenters. The molecular weight excluding hydrogens is 321 g/mol. The van der Waals surface area contributed by atoms with Crippen LogP contribution in [0.25, 0.3) is 5.69 Å². The summed E-state index contributed by atoms with van der Waals surface area (Å²) in [6.07, 6.45) is -1.74. The van der Waals surface area contributed by atoms with E-state index in [1.807, 2.05) is 0 Å². The summed E-state index contributed by atoms with van der Waals surface area (Å²) < 4.78 is 40.3. The summed E-state index contributed by atoms with van der Waals surface area (Å²) in [6.45, 7) is 0. The quantitative estimate of drug-likeness (QED) is 0.921. The van der Waals surface area contributed by atoms with Crippen LogP contribution in [-0.4, -0.2) is 20.9 Å². The zero-order valence-electron chi connectivity index (χ0n) is 11.1. The number of para-hydroxylation sites is 1. The molecule has 1 N–H and O–H groups in total. The zero-order valence-corrected chi connectivity index (χ0v) is 11.8. The van der Waals surface area contributed by atoms with Crippen LogP contribution in [0.1, 0.15) is 40.4 Å². The molecule has 2 aromatic rings. The van der Waals surface area contributed by atoms with Crippen LogP contribution in [0.4, 0.5) is 13.2 Å². The van der Waals surface area contributed by atoms with Crippen LogP contribution in [0.5, 0.6) is 0 Å². The number of halogens is 4. The molecule has 0 radical (unpaired) electrons. The Balaban J connectivity index is 2.27. The lowest BCUT2D eigenvalue weighted by Gasteiger charge is -2.15. The number of aromatic nitrogens is 2. The largest absolute Gasteiger partial charge is 0.476 e. The number of carbonyl (C=O) groups is 1. The molecule has 0 amide bonds. The number of carboxylic acid groups (broad SMARTS) is 1. The van der Waals surface area contributed by atoms with Crippen LogP contribution >= 0.6 is 11.6 Å². The summed E-state index contributed by atoms with van der Waals surface area (Å²) in [5.41, 5.74) is -1.30. The van der Waals surface area contributed by atoms with Crippen molar-refractivity contribution >= 4 is 17.6 Å². The monoisotopic (exact) mass is 330 g/mol. The summed E-state index contributed by atoms with van der Waals surface area (Å²) in [5.74, 6) is -1.29. The van der Waals surface area contributed by atoms with Gasteiger partial charge in [-0.25, -0.2) is 9.48 Å². The second-order valence-corrected chi connectivity index (χ2v) is 5.48. The minimum Gasteiger partial charge on any atom is -0.476 e. The lowest BCUT2D eigenvalue weighted by Crippen LogP contribution is -2.16. The summed E-state index contributed by atoms with van der Waals surface area (Å²) in [5, 5.41) is 13.0. The molecule has 0 bridgehead atoms. The van der Waals surface area contributed by atoms with Crippen molar-refractivity contribution in [2.75, 3.05) is 0 Å². The first-order chi connectivity index (χ1) is 10.3. The highest BCUT2D eigenvalue weighted by Gasteiger charge is 2.38. The molecule has 4 nitrogen and oxygen atoms in total. The van der Waals surface area contributed by atoms with Crippen LogP contribution in [-0.2, 0) is 6.18 Å². The van der Waals surface area contributed by atoms with E-state index in [1.165, 1.54) is 18.3 Å². The molecule has 0 spiro atoms. The van der Waals surface area contributed by atoms with Gasteiger partial charge in [0.25, 0.3) is 0 Å². The van der Waals surface area contributed by atoms with Gasteiger partial charge in [0.1, 0.15) is 0 Å². The van der Waals surface area contributed by atoms with E-state index >= 15 is 0 Å². The predicted molar refractivity (Wildman–Crippen MR) is 72.5 cm³/mol. The fraction of sp³-hybridized carbons (Fsp3) is 0.286. The summed E-state index contributed by atoms with van der Waals surface area (Å²) in [7, 11) is 0. The number of hydrogen-bond donors (Lipinski definition) is 1. The zero-order chi connectivity index (χ0) is 16.1. The molecule has 8 heteroatoms. The van der Waals surface area contributed by atoms with Crippen LogP contribution in [0.2, 0.25) is 5.02 Å². The Hall–Kier alpha value is -2.02. The maximum absolute atomic E-state index is 13.2. The minimum absolute atomic E-state index is 0.0386. The van der Waals surface area contributed by atoms with Crippen molar-refractivity contribution in [2.24, 2.45) is 0 Å². The van der Waals surface area contributed by atoms with Gasteiger partial charge in [-0.3, -0.25) is 0 Å². The molecule has 3 rings (SSSR count). The lowest BCUT2D eigenvalue weighted by molar-refractivity contribution is -0.137. The standard InChI is InChI=1S/C14H10ClF3N2O2/c15-10-3-1-2-9(14(16,17)18)12(10)20-11(13(21)22)8(6-19-20)7-4-5-7/h1-3,6-7H,4-5H2,(H,21,22). The molecule has 1 aromatic heterocycles. The maximum atomic E-state index is 13.2. The number of aromatic carboxylic acids is 1. The molecule has 1 aliphatic carbocycles. The van der Waals surface area contributed by atoms with Gasteiger partial charge in [-0.05, 0) is 30.9 Å². The Morgan fingerprint density at radius 3 is 2.59 bits per heavy atom. The molecule has 1 aromatic carbocycles. The average Bonchev–Trinajstić information content (AvgIpc) is 3.16. The summed E-state index contributed by atoms with van der Waals surface area (Å²) in [4.78, 5) is 11.5. The molecule has 1 fully saturated rings. The number of carboxylic acids is 1. The maximum Gasteiger partial charge on any atom is 0.418 e. The normalized spacial score (nSPS) is 15.1. The molecule has 1 saturated carbocycles. The van der Waals surface area contributed by atoms with Crippen molar-refractivity contribution in [3.8, 4) is 5.69 Å². The third-order valence-corrected chi connectivity index (χ3v) is 3.83. The molecule has 116 valence electrons. The van der Waals surface area contributed by atoms with E-state index in [1.54, 1.807) is 0 Å². The SMILES string of the molecule is O=C(O)c1c(C2CC2)cnn1-c1c(Cl)cccc1C(F)(F)F. The number of benzene rings is 1. The predicted octanol–water partition coefficient (Wildman–Crippen LogP) is 4.12. The average molecular weight is 331 g/mol. The molecule has 1 aliphatic rings. The van der Waals surface area contributed by atoms with Crippen molar-refractivity contribution in [1.82, 2.24) is 9.78 Å². The first-order valence-corrected chi connectivity index (χ1v) is 6.85. The van der Waals surface area contributed by atoms with E-state index in [0.29, 0.717) is 5.56 Å². The fourth-order valence-corrected chi connectivity index (χ4v) is 2.65. The third-order valence-electron chi connectivity index (χ3n) is 3.52. The van der Waals surface area contributed by atoms with Crippen molar-refractivity contribution < 1.29 is 23.1 Å². The highest BCUT2D eigenvalue weighted by atomic mass is 35.5. The molecule has 0 atom stereocenters. The number of nitrogens with zero attached hydrogens (tertiary/aromatic N) is 2. The lowest BCUT2D eigenvalue weighted by atomic mass is 10.1. The Labute approximate surface area is 128 Å². The number of alkyl halides is 3. The number of rotatable bonds is 3. The smallest absolute Gasteiger partial charge is 0.418 e. The van der Waals surface area contributed by atoms with Gasteiger partial charge < -0.3 is 5.11 Å². The van der Waals surface area contributed by atoms with Crippen LogP contribution < -0.4 is 0 Å². The van der Waals surface area contributed by atoms with Gasteiger partial charge in [0, 0.05) is 5.56 Å². The first kappa shape index (κ1) is 14.9.